The van der Waals surface area contributed by atoms with Gasteiger partial charge in [-0.2, -0.15) is 13.8 Å². The van der Waals surface area contributed by atoms with Gasteiger partial charge in [-0.05, 0) is 5.53 Å². The molecule has 0 fully saturated rings. The van der Waals surface area contributed by atoms with Gasteiger partial charge >= 0.3 is 0 Å². The van der Waals surface area contributed by atoms with Gasteiger partial charge in [-0.3, -0.25) is 0 Å². The first-order chi connectivity index (χ1) is 6.07. The fraction of sp³-hybridized carbons (Fsp3) is 0. The lowest BCUT2D eigenvalue weighted by molar-refractivity contribution is 0.449. The minimum Gasteiger partial charge on any atom is -0.201 e. The summed E-state index contributed by atoms with van der Waals surface area (Å²) in [5.41, 5.74) is 6.98. The van der Waals surface area contributed by atoms with Crippen LogP contribution in [0.2, 0.25) is 5.02 Å². The van der Waals surface area contributed by atoms with Crippen LogP contribution in [0, 0.1) is 17.7 Å². The molecule has 0 aliphatic heterocycles. The topological polar surface area (TPSA) is 61.7 Å². The Morgan fingerprint density at radius 3 is 2.46 bits per heavy atom. The molecule has 0 atom stereocenters. The molecule has 0 amide bonds. The molecular weight excluding hydrogens is 209 g/mol. The maximum Gasteiger partial charge on any atom is 0.252 e. The summed E-state index contributed by atoms with van der Waals surface area (Å²) in [6.07, 6.45) is 0. The summed E-state index contributed by atoms with van der Waals surface area (Å²) in [6.45, 7) is 0. The Morgan fingerprint density at radius 1 is 1.31 bits per heavy atom. The first-order valence-corrected chi connectivity index (χ1v) is 3.20. The second kappa shape index (κ2) is 3.51. The average molecular weight is 209 g/mol. The van der Waals surface area contributed by atoms with Crippen molar-refractivity contribution in [3.63, 3.8) is 0 Å². The number of hydrogen-bond donors (Lipinski definition) is 0. The number of halogens is 4. The summed E-state index contributed by atoms with van der Waals surface area (Å²) < 4.78 is 37.6. The first kappa shape index (κ1) is 9.63. The van der Waals surface area contributed by atoms with Gasteiger partial charge in [-0.25, -0.2) is 4.39 Å². The van der Waals surface area contributed by atoms with Crippen LogP contribution in [0.25, 0.3) is 10.4 Å². The van der Waals surface area contributed by atoms with Crippen LogP contribution in [0.4, 0.5) is 18.9 Å². The van der Waals surface area contributed by atoms with Crippen molar-refractivity contribution < 1.29 is 13.2 Å². The van der Waals surface area contributed by atoms with E-state index in [0.717, 1.165) is 0 Å². The minimum absolute atomic E-state index is 0.850. The Morgan fingerprint density at radius 2 is 1.92 bits per heavy atom. The van der Waals surface area contributed by atoms with Crippen molar-refractivity contribution >= 4 is 17.3 Å². The standard InChI is InChI=1S/C5ClF3N4/c6-1-3(12-13-10)2(7)5(9)11-4(1)8. The normalized spacial score (nSPS) is 9.54. The fourth-order valence-corrected chi connectivity index (χ4v) is 0.772. The maximum absolute atomic E-state index is 12.7. The summed E-state index contributed by atoms with van der Waals surface area (Å²) in [7, 11) is 0. The average Bonchev–Trinajstić information content (AvgIpc) is 2.09. The molecule has 0 saturated heterocycles. The number of azide groups is 1. The Balaban J connectivity index is 3.55. The summed E-state index contributed by atoms with van der Waals surface area (Å²) in [4.78, 5) is 4.64. The molecule has 8 heteroatoms. The highest BCUT2D eigenvalue weighted by Gasteiger charge is 2.17. The molecule has 68 valence electrons. The lowest BCUT2D eigenvalue weighted by atomic mass is 10.4. The third kappa shape index (κ3) is 1.66. The van der Waals surface area contributed by atoms with E-state index >= 15 is 0 Å². The predicted octanol–water partition coefficient (Wildman–Crippen LogP) is 3.09. The van der Waals surface area contributed by atoms with Crippen LogP contribution in [0.15, 0.2) is 5.11 Å². The van der Waals surface area contributed by atoms with Crippen LogP contribution >= 0.6 is 11.6 Å². The molecule has 0 aliphatic carbocycles. The first-order valence-electron chi connectivity index (χ1n) is 2.83. The molecule has 1 rings (SSSR count). The van der Waals surface area contributed by atoms with Gasteiger partial charge in [0.25, 0.3) is 5.95 Å². The van der Waals surface area contributed by atoms with Crippen molar-refractivity contribution in [2.24, 2.45) is 5.11 Å². The molecular formula is C5ClF3N4. The zero-order valence-electron chi connectivity index (χ0n) is 5.80. The molecule has 0 spiro atoms. The van der Waals surface area contributed by atoms with Crippen LogP contribution in [0.3, 0.4) is 0 Å². The predicted molar refractivity (Wildman–Crippen MR) is 37.9 cm³/mol. The number of nitrogens with zero attached hydrogens (tertiary/aromatic N) is 4. The third-order valence-electron chi connectivity index (χ3n) is 1.12. The largest absolute Gasteiger partial charge is 0.252 e. The van der Waals surface area contributed by atoms with Crippen molar-refractivity contribution in [1.29, 1.82) is 0 Å². The van der Waals surface area contributed by atoms with Gasteiger partial charge in [-0.15, -0.1) is 0 Å². The van der Waals surface area contributed by atoms with Gasteiger partial charge < -0.3 is 0 Å². The smallest absolute Gasteiger partial charge is 0.201 e. The van der Waals surface area contributed by atoms with Gasteiger partial charge in [0.1, 0.15) is 10.7 Å². The van der Waals surface area contributed by atoms with E-state index in [2.05, 4.69) is 15.0 Å². The second-order valence-electron chi connectivity index (χ2n) is 1.86. The highest BCUT2D eigenvalue weighted by Crippen LogP contribution is 2.30. The molecule has 0 aromatic carbocycles. The number of rotatable bonds is 1. The lowest BCUT2D eigenvalue weighted by Crippen LogP contribution is -1.95. The van der Waals surface area contributed by atoms with Gasteiger partial charge in [-0.1, -0.05) is 16.7 Å². The molecule has 1 heterocycles. The summed E-state index contributed by atoms with van der Waals surface area (Å²) in [6, 6.07) is 0. The van der Waals surface area contributed by atoms with Gasteiger partial charge in [0.2, 0.25) is 5.95 Å². The highest BCUT2D eigenvalue weighted by molar-refractivity contribution is 6.33. The van der Waals surface area contributed by atoms with Crippen molar-refractivity contribution in [1.82, 2.24) is 4.98 Å². The summed E-state index contributed by atoms with van der Waals surface area (Å²) >= 11 is 5.14. The second-order valence-corrected chi connectivity index (χ2v) is 2.24. The van der Waals surface area contributed by atoms with E-state index in [1.165, 1.54) is 0 Å². The SMILES string of the molecule is [N-]=[N+]=Nc1c(F)c(F)nc(F)c1Cl. The molecule has 1 aromatic heterocycles. The molecule has 0 unspecified atom stereocenters. The zero-order valence-corrected chi connectivity index (χ0v) is 6.56. The van der Waals surface area contributed by atoms with Crippen LogP contribution in [-0.4, -0.2) is 4.98 Å². The molecule has 13 heavy (non-hydrogen) atoms. The van der Waals surface area contributed by atoms with Gasteiger partial charge in [0, 0.05) is 4.91 Å². The Bertz CT molecular complexity index is 375. The molecule has 0 bridgehead atoms. The summed E-state index contributed by atoms with van der Waals surface area (Å²) in [5.74, 6) is -4.71. The van der Waals surface area contributed by atoms with E-state index in [1.54, 1.807) is 0 Å². The molecule has 1 aromatic rings. The minimum atomic E-state index is -1.70. The molecule has 0 N–H and O–H groups in total. The van der Waals surface area contributed by atoms with Gasteiger partial charge in [0.15, 0.2) is 5.82 Å². The Kier molecular flexibility index (Phi) is 2.60. The molecule has 0 radical (unpaired) electrons. The molecule has 0 aliphatic rings. The monoisotopic (exact) mass is 208 g/mol. The van der Waals surface area contributed by atoms with Crippen LogP contribution in [-0.2, 0) is 0 Å². The van der Waals surface area contributed by atoms with E-state index < -0.39 is 28.4 Å². The zero-order chi connectivity index (χ0) is 10.0. The van der Waals surface area contributed by atoms with E-state index in [0.29, 0.717) is 0 Å². The van der Waals surface area contributed by atoms with E-state index in [4.69, 9.17) is 17.1 Å². The Hall–Kier alpha value is -1.46. The van der Waals surface area contributed by atoms with E-state index in [-0.39, 0.29) is 0 Å². The summed E-state index contributed by atoms with van der Waals surface area (Å²) in [5, 5.41) is 1.83. The van der Waals surface area contributed by atoms with Crippen molar-refractivity contribution in [3.05, 3.63) is 33.2 Å². The maximum atomic E-state index is 12.7. The van der Waals surface area contributed by atoms with Crippen molar-refractivity contribution in [3.8, 4) is 0 Å². The van der Waals surface area contributed by atoms with Crippen LogP contribution in [0.5, 0.6) is 0 Å². The van der Waals surface area contributed by atoms with Crippen LogP contribution < -0.4 is 0 Å². The number of hydrogen-bond acceptors (Lipinski definition) is 2. The van der Waals surface area contributed by atoms with E-state index in [9.17, 15) is 13.2 Å². The van der Waals surface area contributed by atoms with E-state index in [1.807, 2.05) is 0 Å². The number of aromatic nitrogens is 1. The van der Waals surface area contributed by atoms with Gasteiger partial charge in [0.05, 0.1) is 0 Å². The molecule has 0 saturated carbocycles. The van der Waals surface area contributed by atoms with Crippen molar-refractivity contribution in [2.45, 2.75) is 0 Å². The fourth-order valence-electron chi connectivity index (χ4n) is 0.609. The highest BCUT2D eigenvalue weighted by atomic mass is 35.5. The quantitative estimate of drug-likeness (QED) is 0.303. The lowest BCUT2D eigenvalue weighted by Gasteiger charge is -1.99. The van der Waals surface area contributed by atoms with Crippen molar-refractivity contribution in [2.75, 3.05) is 0 Å². The Labute approximate surface area is 74.6 Å². The number of pyridine rings is 1. The third-order valence-corrected chi connectivity index (χ3v) is 1.45. The molecule has 4 nitrogen and oxygen atoms in total. The van der Waals surface area contributed by atoms with Crippen LogP contribution in [0.1, 0.15) is 0 Å².